The maximum atomic E-state index is 11.5. The Morgan fingerprint density at radius 3 is 2.54 bits per heavy atom. The molecule has 0 bridgehead atoms. The van der Waals surface area contributed by atoms with Crippen LogP contribution >= 0.6 is 0 Å². The van der Waals surface area contributed by atoms with Crippen LogP contribution in [0.3, 0.4) is 0 Å². The second kappa shape index (κ2) is 6.90. The summed E-state index contributed by atoms with van der Waals surface area (Å²) in [5.74, 6) is 0.931. The SMILES string of the molecule is C=C/C(C)=C/C[C@H]1C(=C)CC[C@H]2C(C)(C)C[C@@H](OC(C)=O)C[C@]12C. The van der Waals surface area contributed by atoms with E-state index >= 15 is 0 Å². The number of fused-ring (bicyclic) bond motifs is 1. The summed E-state index contributed by atoms with van der Waals surface area (Å²) < 4.78 is 5.67. The predicted octanol–water partition coefficient (Wildman–Crippen LogP) is 5.85. The molecular weight excluding hydrogens is 296 g/mol. The Morgan fingerprint density at radius 2 is 1.96 bits per heavy atom. The van der Waals surface area contributed by atoms with Crippen LogP contribution in [-0.4, -0.2) is 12.1 Å². The molecule has 0 N–H and O–H groups in total. The first-order valence-corrected chi connectivity index (χ1v) is 9.24. The van der Waals surface area contributed by atoms with Crippen molar-refractivity contribution in [2.24, 2.45) is 22.7 Å². The predicted molar refractivity (Wildman–Crippen MR) is 101 cm³/mol. The number of hydrogen-bond donors (Lipinski definition) is 0. The van der Waals surface area contributed by atoms with Gasteiger partial charge in [-0.2, -0.15) is 0 Å². The van der Waals surface area contributed by atoms with Crippen LogP contribution < -0.4 is 0 Å². The molecule has 2 rings (SSSR count). The topological polar surface area (TPSA) is 26.3 Å². The van der Waals surface area contributed by atoms with Crippen LogP contribution in [0, 0.1) is 22.7 Å². The van der Waals surface area contributed by atoms with Gasteiger partial charge in [-0.1, -0.05) is 57.2 Å². The number of carbonyl (C=O) groups excluding carboxylic acids is 1. The first-order valence-electron chi connectivity index (χ1n) is 9.24. The first kappa shape index (κ1) is 19.0. The Kier molecular flexibility index (Phi) is 5.47. The number of ether oxygens (including phenoxy) is 1. The highest BCUT2D eigenvalue weighted by molar-refractivity contribution is 5.66. The Balaban J connectivity index is 2.35. The van der Waals surface area contributed by atoms with Crippen molar-refractivity contribution in [3.05, 3.63) is 36.5 Å². The second-order valence-electron chi connectivity index (χ2n) is 8.82. The molecule has 2 saturated carbocycles. The van der Waals surface area contributed by atoms with Crippen LogP contribution in [0.15, 0.2) is 36.5 Å². The normalized spacial score (nSPS) is 36.0. The zero-order valence-corrected chi connectivity index (χ0v) is 16.2. The fourth-order valence-electron chi connectivity index (χ4n) is 5.54. The molecule has 134 valence electrons. The van der Waals surface area contributed by atoms with Crippen molar-refractivity contribution < 1.29 is 9.53 Å². The van der Waals surface area contributed by atoms with E-state index < -0.39 is 0 Å². The van der Waals surface area contributed by atoms with E-state index in [9.17, 15) is 4.79 Å². The lowest BCUT2D eigenvalue weighted by molar-refractivity contribution is -0.162. The standard InChI is InChI=1S/C22H34O2/c1-8-15(2)9-11-19-16(3)10-12-20-21(5,6)13-18(24-17(4)23)14-22(19,20)7/h8-9,18-20H,1,3,10-14H2,2,4-7H3/b15-9+/t18-,19+,20+,22-/m1/s1. The Hall–Kier alpha value is -1.31. The van der Waals surface area contributed by atoms with Gasteiger partial charge in [-0.15, -0.1) is 0 Å². The van der Waals surface area contributed by atoms with Gasteiger partial charge in [-0.3, -0.25) is 4.79 Å². The molecule has 24 heavy (non-hydrogen) atoms. The van der Waals surface area contributed by atoms with Gasteiger partial charge >= 0.3 is 5.97 Å². The molecule has 0 unspecified atom stereocenters. The van der Waals surface area contributed by atoms with Gasteiger partial charge in [0.05, 0.1) is 0 Å². The maximum Gasteiger partial charge on any atom is 0.302 e. The maximum absolute atomic E-state index is 11.5. The van der Waals surface area contributed by atoms with Crippen molar-refractivity contribution in [2.45, 2.75) is 72.8 Å². The summed E-state index contributed by atoms with van der Waals surface area (Å²) in [6, 6.07) is 0. The van der Waals surface area contributed by atoms with E-state index in [4.69, 9.17) is 4.74 Å². The summed E-state index contributed by atoms with van der Waals surface area (Å²) in [5, 5.41) is 0. The summed E-state index contributed by atoms with van der Waals surface area (Å²) in [6.45, 7) is 19.0. The highest BCUT2D eigenvalue weighted by Gasteiger charge is 2.55. The van der Waals surface area contributed by atoms with Crippen LogP contribution in [-0.2, 0) is 9.53 Å². The molecule has 2 aliphatic carbocycles. The van der Waals surface area contributed by atoms with E-state index in [1.165, 1.54) is 24.5 Å². The molecule has 0 aromatic rings. The van der Waals surface area contributed by atoms with Gasteiger partial charge in [0.15, 0.2) is 0 Å². The van der Waals surface area contributed by atoms with Gasteiger partial charge in [0.25, 0.3) is 0 Å². The molecule has 0 radical (unpaired) electrons. The van der Waals surface area contributed by atoms with Crippen LogP contribution in [0.1, 0.15) is 66.7 Å². The van der Waals surface area contributed by atoms with Crippen LogP contribution in [0.25, 0.3) is 0 Å². The molecule has 0 aromatic heterocycles. The number of allylic oxidation sites excluding steroid dienone is 4. The summed E-state index contributed by atoms with van der Waals surface area (Å²) in [5.41, 5.74) is 2.90. The average Bonchev–Trinajstić information content (AvgIpc) is 2.43. The summed E-state index contributed by atoms with van der Waals surface area (Å²) in [6.07, 6.45) is 9.47. The molecule has 2 heteroatoms. The van der Waals surface area contributed by atoms with E-state index in [0.29, 0.717) is 11.8 Å². The highest BCUT2D eigenvalue weighted by atomic mass is 16.5. The summed E-state index contributed by atoms with van der Waals surface area (Å²) >= 11 is 0. The van der Waals surface area contributed by atoms with Crippen molar-refractivity contribution in [2.75, 3.05) is 0 Å². The van der Waals surface area contributed by atoms with Crippen molar-refractivity contribution in [3.8, 4) is 0 Å². The van der Waals surface area contributed by atoms with Gasteiger partial charge in [0, 0.05) is 6.92 Å². The minimum atomic E-state index is -0.161. The molecule has 2 fully saturated rings. The molecular formula is C22H34O2. The Labute approximate surface area is 148 Å². The Bertz CT molecular complexity index is 554. The van der Waals surface area contributed by atoms with Crippen LogP contribution in [0.4, 0.5) is 0 Å². The summed E-state index contributed by atoms with van der Waals surface area (Å²) in [7, 11) is 0. The van der Waals surface area contributed by atoms with E-state index in [2.05, 4.69) is 46.9 Å². The smallest absolute Gasteiger partial charge is 0.302 e. The number of rotatable bonds is 4. The minimum absolute atomic E-state index is 0.0247. The van der Waals surface area contributed by atoms with Crippen molar-refractivity contribution in [1.82, 2.24) is 0 Å². The monoisotopic (exact) mass is 330 g/mol. The quantitative estimate of drug-likeness (QED) is 0.367. The number of esters is 1. The van der Waals surface area contributed by atoms with Crippen molar-refractivity contribution in [1.29, 1.82) is 0 Å². The zero-order valence-electron chi connectivity index (χ0n) is 16.2. The van der Waals surface area contributed by atoms with Crippen LogP contribution in [0.5, 0.6) is 0 Å². The number of carbonyl (C=O) groups is 1. The lowest BCUT2D eigenvalue weighted by atomic mass is 9.46. The molecule has 0 saturated heterocycles. The van der Waals surface area contributed by atoms with E-state index in [0.717, 1.165) is 25.7 Å². The van der Waals surface area contributed by atoms with Gasteiger partial charge in [-0.25, -0.2) is 0 Å². The first-order chi connectivity index (χ1) is 11.1. The second-order valence-corrected chi connectivity index (χ2v) is 8.82. The van der Waals surface area contributed by atoms with Crippen LogP contribution in [0.2, 0.25) is 0 Å². The lowest BCUT2D eigenvalue weighted by Crippen LogP contribution is -2.53. The molecule has 0 heterocycles. The van der Waals surface area contributed by atoms with Gasteiger partial charge in [-0.05, 0) is 61.7 Å². The molecule has 2 nitrogen and oxygen atoms in total. The van der Waals surface area contributed by atoms with Crippen molar-refractivity contribution in [3.63, 3.8) is 0 Å². The van der Waals surface area contributed by atoms with Crippen molar-refractivity contribution >= 4 is 5.97 Å². The van der Waals surface area contributed by atoms with E-state index in [-0.39, 0.29) is 22.9 Å². The minimum Gasteiger partial charge on any atom is -0.463 e. The molecule has 4 atom stereocenters. The molecule has 0 aliphatic heterocycles. The molecule has 0 amide bonds. The third-order valence-corrected chi connectivity index (χ3v) is 6.53. The summed E-state index contributed by atoms with van der Waals surface area (Å²) in [4.78, 5) is 11.5. The lowest BCUT2D eigenvalue weighted by Gasteiger charge is -2.59. The third kappa shape index (κ3) is 3.68. The largest absolute Gasteiger partial charge is 0.463 e. The van der Waals surface area contributed by atoms with E-state index in [1.807, 2.05) is 6.08 Å². The zero-order chi connectivity index (χ0) is 18.1. The highest BCUT2D eigenvalue weighted by Crippen LogP contribution is 2.62. The van der Waals surface area contributed by atoms with E-state index in [1.54, 1.807) is 0 Å². The van der Waals surface area contributed by atoms with Gasteiger partial charge in [0.2, 0.25) is 0 Å². The fourth-order valence-corrected chi connectivity index (χ4v) is 5.54. The molecule has 0 spiro atoms. The third-order valence-electron chi connectivity index (χ3n) is 6.53. The Morgan fingerprint density at radius 1 is 1.29 bits per heavy atom. The average molecular weight is 331 g/mol. The molecule has 2 aliphatic rings. The fraction of sp³-hybridized carbons (Fsp3) is 0.682. The molecule has 0 aromatic carbocycles. The van der Waals surface area contributed by atoms with Gasteiger partial charge in [0.1, 0.15) is 6.10 Å². The number of hydrogen-bond acceptors (Lipinski definition) is 2. The van der Waals surface area contributed by atoms with Gasteiger partial charge < -0.3 is 4.74 Å².